The zero-order chi connectivity index (χ0) is 15.4. The third kappa shape index (κ3) is 3.32. The summed E-state index contributed by atoms with van der Waals surface area (Å²) < 4.78 is 10.6. The normalized spacial score (nSPS) is 10.9. The van der Waals surface area contributed by atoms with Crippen molar-refractivity contribution in [3.8, 4) is 11.5 Å². The lowest BCUT2D eigenvalue weighted by atomic mass is 10.0. The molecule has 2 aromatic rings. The van der Waals surface area contributed by atoms with Crippen LogP contribution >= 0.6 is 0 Å². The van der Waals surface area contributed by atoms with Crippen molar-refractivity contribution < 1.29 is 13.9 Å². The summed E-state index contributed by atoms with van der Waals surface area (Å²) in [5, 5.41) is 0. The molecule has 0 amide bonds. The first-order chi connectivity index (χ1) is 10.1. The molecule has 0 fully saturated rings. The summed E-state index contributed by atoms with van der Waals surface area (Å²) in [7, 11) is 0. The maximum Gasteiger partial charge on any atom is 0.376 e. The molecule has 112 valence electrons. The highest BCUT2D eigenvalue weighted by Gasteiger charge is 2.20. The summed E-state index contributed by atoms with van der Waals surface area (Å²) in [6.45, 7) is 8.32. The Morgan fingerprint density at radius 3 is 2.43 bits per heavy atom. The van der Waals surface area contributed by atoms with Gasteiger partial charge in [-0.2, -0.15) is 0 Å². The lowest BCUT2D eigenvalue weighted by Crippen LogP contribution is -2.05. The summed E-state index contributed by atoms with van der Waals surface area (Å²) in [6.07, 6.45) is 0.627. The van der Waals surface area contributed by atoms with Gasteiger partial charge in [0.2, 0.25) is 11.7 Å². The lowest BCUT2D eigenvalue weighted by Gasteiger charge is -2.04. The average Bonchev–Trinajstić information content (AvgIpc) is 2.92. The molecule has 21 heavy (non-hydrogen) atoms. The Morgan fingerprint density at radius 2 is 1.90 bits per heavy atom. The molecule has 0 atom stereocenters. The number of nitrogens with zero attached hydrogens (tertiary/aromatic N) is 1. The Labute approximate surface area is 125 Å². The van der Waals surface area contributed by atoms with Gasteiger partial charge in [-0.3, -0.25) is 0 Å². The molecular weight excluding hydrogens is 266 g/mol. The quantitative estimate of drug-likeness (QED) is 0.773. The molecule has 0 saturated carbocycles. The number of hydrogen-bond acceptors (Lipinski definition) is 4. The topological polar surface area (TPSA) is 52.3 Å². The molecule has 0 aliphatic heterocycles. The molecular formula is C17H21NO3. The van der Waals surface area contributed by atoms with E-state index < -0.39 is 5.97 Å². The predicted molar refractivity (Wildman–Crippen MR) is 81.4 cm³/mol. The van der Waals surface area contributed by atoms with Crippen molar-refractivity contribution in [3.63, 3.8) is 0 Å². The van der Waals surface area contributed by atoms with Crippen LogP contribution in [0.15, 0.2) is 28.7 Å². The first-order valence-corrected chi connectivity index (χ1v) is 7.33. The van der Waals surface area contributed by atoms with Gasteiger partial charge in [-0.05, 0) is 37.0 Å². The van der Waals surface area contributed by atoms with Crippen LogP contribution in [0.2, 0.25) is 0 Å². The van der Waals surface area contributed by atoms with E-state index >= 15 is 0 Å². The number of aromatic nitrogens is 1. The fourth-order valence-corrected chi connectivity index (χ4v) is 2.08. The van der Waals surface area contributed by atoms with Crippen LogP contribution in [0.5, 0.6) is 0 Å². The molecule has 4 heteroatoms. The van der Waals surface area contributed by atoms with E-state index in [1.807, 2.05) is 19.1 Å². The van der Waals surface area contributed by atoms with Gasteiger partial charge in [0.25, 0.3) is 0 Å². The van der Waals surface area contributed by atoms with E-state index in [1.54, 1.807) is 6.92 Å². The Bertz CT molecular complexity index is 611. The Balaban J connectivity index is 2.34. The number of carbonyl (C=O) groups excluding carboxylic acids is 1. The molecule has 0 spiro atoms. The molecule has 1 aromatic carbocycles. The third-order valence-electron chi connectivity index (χ3n) is 3.32. The third-order valence-corrected chi connectivity index (χ3v) is 3.32. The van der Waals surface area contributed by atoms with Crippen molar-refractivity contribution in [1.29, 1.82) is 0 Å². The second-order valence-electron chi connectivity index (χ2n) is 5.15. The van der Waals surface area contributed by atoms with E-state index in [0.717, 1.165) is 5.56 Å². The van der Waals surface area contributed by atoms with Crippen LogP contribution in [0, 0.1) is 0 Å². The molecule has 0 unspecified atom stereocenters. The van der Waals surface area contributed by atoms with Crippen LogP contribution in [-0.4, -0.2) is 17.6 Å². The highest BCUT2D eigenvalue weighted by molar-refractivity contribution is 5.88. The summed E-state index contributed by atoms with van der Waals surface area (Å²) in [5.41, 5.74) is 2.76. The molecule has 1 heterocycles. The van der Waals surface area contributed by atoms with Crippen molar-refractivity contribution in [2.24, 2.45) is 0 Å². The molecule has 2 rings (SSSR count). The number of esters is 1. The number of ether oxygens (including phenoxy) is 1. The first kappa shape index (κ1) is 15.3. The number of rotatable bonds is 5. The molecule has 0 aliphatic carbocycles. The monoisotopic (exact) mass is 287 g/mol. The van der Waals surface area contributed by atoms with Crippen molar-refractivity contribution in [3.05, 3.63) is 41.3 Å². The maximum absolute atomic E-state index is 11.9. The molecule has 0 saturated heterocycles. The number of benzene rings is 1. The van der Waals surface area contributed by atoms with Crippen LogP contribution in [0.4, 0.5) is 0 Å². The molecule has 0 aliphatic rings. The highest BCUT2D eigenvalue weighted by Crippen LogP contribution is 2.25. The van der Waals surface area contributed by atoms with Crippen molar-refractivity contribution >= 4 is 5.97 Å². The van der Waals surface area contributed by atoms with Crippen LogP contribution in [-0.2, 0) is 11.2 Å². The van der Waals surface area contributed by atoms with Gasteiger partial charge >= 0.3 is 5.97 Å². The van der Waals surface area contributed by atoms with Gasteiger partial charge in [0, 0.05) is 5.56 Å². The predicted octanol–water partition coefficient (Wildman–Crippen LogP) is 4.20. The van der Waals surface area contributed by atoms with E-state index in [2.05, 4.69) is 31.0 Å². The van der Waals surface area contributed by atoms with Crippen LogP contribution in [0.25, 0.3) is 11.5 Å². The molecule has 1 aromatic heterocycles. The Hall–Kier alpha value is -2.10. The van der Waals surface area contributed by atoms with Gasteiger partial charge < -0.3 is 9.15 Å². The highest BCUT2D eigenvalue weighted by atomic mass is 16.5. The first-order valence-electron chi connectivity index (χ1n) is 7.33. The molecule has 0 radical (unpaired) electrons. The summed E-state index contributed by atoms with van der Waals surface area (Å²) in [6, 6.07) is 8.05. The van der Waals surface area contributed by atoms with Crippen molar-refractivity contribution in [1.82, 2.24) is 4.98 Å². The van der Waals surface area contributed by atoms with E-state index in [9.17, 15) is 4.79 Å². The minimum Gasteiger partial charge on any atom is -0.460 e. The van der Waals surface area contributed by atoms with E-state index in [4.69, 9.17) is 9.15 Å². The van der Waals surface area contributed by atoms with E-state index in [-0.39, 0.29) is 5.76 Å². The summed E-state index contributed by atoms with van der Waals surface area (Å²) in [4.78, 5) is 16.3. The average molecular weight is 287 g/mol. The minimum absolute atomic E-state index is 0.210. The van der Waals surface area contributed by atoms with Crippen LogP contribution < -0.4 is 0 Å². The van der Waals surface area contributed by atoms with Gasteiger partial charge in [-0.15, -0.1) is 0 Å². The number of oxazole rings is 1. The van der Waals surface area contributed by atoms with Crippen LogP contribution in [0.3, 0.4) is 0 Å². The second-order valence-corrected chi connectivity index (χ2v) is 5.15. The zero-order valence-corrected chi connectivity index (χ0v) is 13.0. The van der Waals surface area contributed by atoms with Crippen molar-refractivity contribution in [2.75, 3.05) is 6.61 Å². The van der Waals surface area contributed by atoms with Gasteiger partial charge in [0.15, 0.2) is 0 Å². The Morgan fingerprint density at radius 1 is 1.24 bits per heavy atom. The molecule has 0 N–H and O–H groups in total. The van der Waals surface area contributed by atoms with E-state index in [0.29, 0.717) is 30.5 Å². The Kier molecular flexibility index (Phi) is 4.78. The van der Waals surface area contributed by atoms with Gasteiger partial charge in [0.1, 0.15) is 0 Å². The molecule has 4 nitrogen and oxygen atoms in total. The largest absolute Gasteiger partial charge is 0.460 e. The van der Waals surface area contributed by atoms with Gasteiger partial charge in [-0.1, -0.05) is 32.9 Å². The summed E-state index contributed by atoms with van der Waals surface area (Å²) in [5.74, 6) is 0.698. The van der Waals surface area contributed by atoms with Gasteiger partial charge in [0.05, 0.1) is 12.3 Å². The standard InChI is InChI=1S/C17H21NO3/c1-5-14-15(17(19)20-6-2)21-16(18-14)13-9-7-12(8-10-13)11(3)4/h7-11H,5-6H2,1-4H3. The fraction of sp³-hybridized carbons (Fsp3) is 0.412. The van der Waals surface area contributed by atoms with E-state index in [1.165, 1.54) is 5.56 Å². The smallest absolute Gasteiger partial charge is 0.376 e. The zero-order valence-electron chi connectivity index (χ0n) is 13.0. The minimum atomic E-state index is -0.452. The lowest BCUT2D eigenvalue weighted by molar-refractivity contribution is 0.0489. The number of aryl methyl sites for hydroxylation is 1. The maximum atomic E-state index is 11.9. The van der Waals surface area contributed by atoms with Crippen LogP contribution in [0.1, 0.15) is 55.4 Å². The number of carbonyl (C=O) groups is 1. The summed E-state index contributed by atoms with van der Waals surface area (Å²) >= 11 is 0. The molecule has 0 bridgehead atoms. The second kappa shape index (κ2) is 6.57. The SMILES string of the molecule is CCOC(=O)c1oc(-c2ccc(C(C)C)cc2)nc1CC. The van der Waals surface area contributed by atoms with Crippen molar-refractivity contribution in [2.45, 2.75) is 40.0 Å². The fourth-order valence-electron chi connectivity index (χ4n) is 2.08. The number of hydrogen-bond donors (Lipinski definition) is 0. The van der Waals surface area contributed by atoms with Gasteiger partial charge in [-0.25, -0.2) is 9.78 Å².